The number of fused-ring (bicyclic) bond motifs is 1. The number of aliphatic hydroxyl groups is 1. The Bertz CT molecular complexity index is 599. The molecule has 0 fully saturated rings. The van der Waals surface area contributed by atoms with Crippen LogP contribution in [-0.2, 0) is 12.1 Å². The fraction of sp³-hybridized carbons (Fsp3) is 0.200. The predicted octanol–water partition coefficient (Wildman–Crippen LogP) is 2.60. The molecule has 3 rings (SSSR count). The fourth-order valence-electron chi connectivity index (χ4n) is 2.41. The molecule has 2 unspecified atom stereocenters. The van der Waals surface area contributed by atoms with E-state index in [4.69, 9.17) is 4.74 Å². The van der Waals surface area contributed by atoms with Crippen molar-refractivity contribution in [3.8, 4) is 5.75 Å². The molecule has 0 aliphatic carbocycles. The van der Waals surface area contributed by atoms with E-state index in [-0.39, 0.29) is 0 Å². The summed E-state index contributed by atoms with van der Waals surface area (Å²) in [5, 5.41) is 13.4. The van der Waals surface area contributed by atoms with Crippen molar-refractivity contribution in [3.63, 3.8) is 0 Å². The average molecular weight is 255 g/mol. The Balaban J connectivity index is 2.11. The summed E-state index contributed by atoms with van der Waals surface area (Å²) in [5.41, 5.74) is -0.118. The van der Waals surface area contributed by atoms with E-state index in [1.165, 1.54) is 0 Å². The maximum Gasteiger partial charge on any atom is 0.290 e. The highest BCUT2D eigenvalue weighted by molar-refractivity contribution is 5.39. The first-order valence-electron chi connectivity index (χ1n) is 6.11. The molecule has 2 atom stereocenters. The molecule has 2 aromatic carbocycles. The fourth-order valence-corrected chi connectivity index (χ4v) is 2.41. The van der Waals surface area contributed by atoms with Crippen LogP contribution in [0.4, 0.5) is 0 Å². The lowest BCUT2D eigenvalue weighted by atomic mass is 9.90. The predicted molar refractivity (Wildman–Crippen MR) is 70.7 cm³/mol. The van der Waals surface area contributed by atoms with Crippen LogP contribution in [-0.4, -0.2) is 11.2 Å². The van der Waals surface area contributed by atoms with Crippen LogP contribution in [0.2, 0.25) is 0 Å². The van der Waals surface area contributed by atoms with Crippen molar-refractivity contribution in [1.29, 1.82) is 0 Å². The van der Waals surface area contributed by atoms with Gasteiger partial charge >= 0.3 is 0 Å². The quantitative estimate of drug-likeness (QED) is 0.839. The van der Waals surface area contributed by atoms with Crippen LogP contribution in [0.3, 0.4) is 0 Å². The second kappa shape index (κ2) is 4.48. The first-order chi connectivity index (χ1) is 9.26. The number of benzene rings is 2. The highest BCUT2D eigenvalue weighted by atomic mass is 16.5. The lowest BCUT2D eigenvalue weighted by Gasteiger charge is -2.37. The van der Waals surface area contributed by atoms with Gasteiger partial charge in [-0.1, -0.05) is 48.5 Å². The van der Waals surface area contributed by atoms with Gasteiger partial charge in [0.1, 0.15) is 11.9 Å². The van der Waals surface area contributed by atoms with Crippen molar-refractivity contribution in [1.82, 2.24) is 0 Å². The lowest BCUT2D eigenvalue weighted by Crippen LogP contribution is -2.47. The molecule has 0 bridgehead atoms. The Labute approximate surface area is 110 Å². The van der Waals surface area contributed by atoms with Crippen LogP contribution in [0.5, 0.6) is 5.75 Å². The maximum absolute atomic E-state index is 11.4. The van der Waals surface area contributed by atoms with Crippen LogP contribution >= 0.6 is 0 Å². The standard InChI is InChI=1S/C15H13NO3/c17-14-10-11-6-4-5-9-13(11)19-15(14,16-18)12-7-2-1-3-8-12/h1-9,14,17H,10H2. The highest BCUT2D eigenvalue weighted by Gasteiger charge is 2.47. The number of ether oxygens (including phenoxy) is 1. The van der Waals surface area contributed by atoms with Gasteiger partial charge < -0.3 is 9.84 Å². The third-order valence-corrected chi connectivity index (χ3v) is 3.43. The number of para-hydroxylation sites is 1. The summed E-state index contributed by atoms with van der Waals surface area (Å²) in [7, 11) is 0. The lowest BCUT2D eigenvalue weighted by molar-refractivity contribution is -0.0673. The maximum atomic E-state index is 11.4. The Morgan fingerprint density at radius 3 is 2.53 bits per heavy atom. The molecule has 0 radical (unpaired) electrons. The Kier molecular flexibility index (Phi) is 2.80. The van der Waals surface area contributed by atoms with E-state index in [1.54, 1.807) is 30.3 Å². The molecule has 1 heterocycles. The first kappa shape index (κ1) is 11.9. The zero-order valence-corrected chi connectivity index (χ0v) is 10.2. The van der Waals surface area contributed by atoms with Crippen molar-refractivity contribution < 1.29 is 9.84 Å². The van der Waals surface area contributed by atoms with Gasteiger partial charge in [0.05, 0.1) is 0 Å². The molecule has 96 valence electrons. The van der Waals surface area contributed by atoms with Crippen molar-refractivity contribution in [2.45, 2.75) is 18.2 Å². The second-order valence-corrected chi connectivity index (χ2v) is 4.58. The molecule has 19 heavy (non-hydrogen) atoms. The summed E-state index contributed by atoms with van der Waals surface area (Å²) in [4.78, 5) is 11.4. The minimum atomic E-state index is -1.56. The Morgan fingerprint density at radius 1 is 1.11 bits per heavy atom. The van der Waals surface area contributed by atoms with Gasteiger partial charge in [0.25, 0.3) is 5.72 Å². The molecule has 1 aliphatic rings. The van der Waals surface area contributed by atoms with E-state index in [1.807, 2.05) is 24.3 Å². The molecule has 0 saturated carbocycles. The summed E-state index contributed by atoms with van der Waals surface area (Å²) < 4.78 is 5.74. The average Bonchev–Trinajstić information content (AvgIpc) is 2.47. The van der Waals surface area contributed by atoms with Crippen LogP contribution in [0.15, 0.2) is 59.8 Å². The van der Waals surface area contributed by atoms with Crippen LogP contribution in [0.1, 0.15) is 11.1 Å². The van der Waals surface area contributed by atoms with Gasteiger partial charge in [0, 0.05) is 12.0 Å². The SMILES string of the molecule is O=NC1(c2ccccc2)Oc2ccccc2CC1O. The third kappa shape index (κ3) is 1.81. The molecule has 0 saturated heterocycles. The Hall–Kier alpha value is -2.20. The van der Waals surface area contributed by atoms with Gasteiger partial charge in [0.15, 0.2) is 0 Å². The molecule has 0 spiro atoms. The number of aliphatic hydroxyl groups excluding tert-OH is 1. The van der Waals surface area contributed by atoms with Crippen molar-refractivity contribution in [3.05, 3.63) is 70.6 Å². The molecular weight excluding hydrogens is 242 g/mol. The number of hydrogen-bond donors (Lipinski definition) is 1. The van der Waals surface area contributed by atoms with Gasteiger partial charge in [0.2, 0.25) is 0 Å². The summed E-state index contributed by atoms with van der Waals surface area (Å²) in [6.07, 6.45) is -0.654. The van der Waals surface area contributed by atoms with Crippen LogP contribution in [0.25, 0.3) is 0 Å². The first-order valence-corrected chi connectivity index (χ1v) is 6.11. The molecule has 4 nitrogen and oxygen atoms in total. The summed E-state index contributed by atoms with van der Waals surface area (Å²) in [6.45, 7) is 0. The zero-order valence-electron chi connectivity index (χ0n) is 10.2. The van der Waals surface area contributed by atoms with Crippen molar-refractivity contribution >= 4 is 0 Å². The van der Waals surface area contributed by atoms with Gasteiger partial charge in [-0.25, -0.2) is 0 Å². The van der Waals surface area contributed by atoms with Crippen molar-refractivity contribution in [2.24, 2.45) is 5.18 Å². The number of nitrogens with zero attached hydrogens (tertiary/aromatic N) is 1. The molecule has 1 N–H and O–H groups in total. The van der Waals surface area contributed by atoms with Crippen molar-refractivity contribution in [2.75, 3.05) is 0 Å². The van der Waals surface area contributed by atoms with Gasteiger partial charge in [-0.3, -0.25) is 0 Å². The second-order valence-electron chi connectivity index (χ2n) is 4.58. The topological polar surface area (TPSA) is 58.9 Å². The third-order valence-electron chi connectivity index (χ3n) is 3.43. The summed E-state index contributed by atoms with van der Waals surface area (Å²) >= 11 is 0. The van der Waals surface area contributed by atoms with E-state index < -0.39 is 11.8 Å². The molecular formula is C15H13NO3. The molecule has 4 heteroatoms. The van der Waals surface area contributed by atoms with Crippen LogP contribution < -0.4 is 4.74 Å². The smallest absolute Gasteiger partial charge is 0.290 e. The van der Waals surface area contributed by atoms with E-state index in [9.17, 15) is 10.0 Å². The minimum Gasteiger partial charge on any atom is -0.455 e. The highest BCUT2D eigenvalue weighted by Crippen LogP contribution is 2.40. The number of nitroso groups, excluding NO2 is 1. The van der Waals surface area contributed by atoms with Gasteiger partial charge in [-0.05, 0) is 16.8 Å². The minimum absolute atomic E-state index is 0.344. The van der Waals surface area contributed by atoms with Gasteiger partial charge in [-0.15, -0.1) is 4.91 Å². The van der Waals surface area contributed by atoms with E-state index in [0.29, 0.717) is 17.7 Å². The van der Waals surface area contributed by atoms with E-state index >= 15 is 0 Å². The van der Waals surface area contributed by atoms with E-state index in [2.05, 4.69) is 5.18 Å². The van der Waals surface area contributed by atoms with E-state index in [0.717, 1.165) is 5.56 Å². The molecule has 0 amide bonds. The normalized spacial score (nSPS) is 25.2. The molecule has 1 aliphatic heterocycles. The monoisotopic (exact) mass is 255 g/mol. The summed E-state index contributed by atoms with van der Waals surface area (Å²) in [6, 6.07) is 16.2. The molecule has 2 aromatic rings. The molecule has 0 aromatic heterocycles. The number of rotatable bonds is 2. The Morgan fingerprint density at radius 2 is 1.79 bits per heavy atom. The largest absolute Gasteiger partial charge is 0.455 e. The summed E-state index contributed by atoms with van der Waals surface area (Å²) in [5.74, 6) is 0.594. The van der Waals surface area contributed by atoms with Crippen LogP contribution in [0, 0.1) is 4.91 Å². The number of hydrogen-bond acceptors (Lipinski definition) is 4. The zero-order chi connectivity index (χ0) is 13.3. The van der Waals surface area contributed by atoms with Gasteiger partial charge in [-0.2, -0.15) is 0 Å².